The van der Waals surface area contributed by atoms with Gasteiger partial charge in [0.05, 0.1) is 13.2 Å². The Morgan fingerprint density at radius 2 is 1.72 bits per heavy atom. The lowest BCUT2D eigenvalue weighted by atomic mass is 10.0. The van der Waals surface area contributed by atoms with Crippen molar-refractivity contribution in [3.63, 3.8) is 0 Å². The Labute approximate surface area is 212 Å². The zero-order valence-corrected chi connectivity index (χ0v) is 20.5. The quantitative estimate of drug-likeness (QED) is 0.551. The van der Waals surface area contributed by atoms with E-state index in [0.717, 1.165) is 41.8 Å². The van der Waals surface area contributed by atoms with E-state index in [1.54, 1.807) is 0 Å². The summed E-state index contributed by atoms with van der Waals surface area (Å²) in [6.45, 7) is 3.66. The Morgan fingerprint density at radius 3 is 2.61 bits per heavy atom. The molecule has 1 saturated heterocycles. The van der Waals surface area contributed by atoms with Crippen LogP contribution in [0.2, 0.25) is 0 Å². The molecule has 0 saturated carbocycles. The molecule has 6 nitrogen and oxygen atoms in total. The average molecular weight is 485 g/mol. The number of rotatable bonds is 3. The Hall–Kier alpha value is -3.64. The molecular formula is C30H32N2O4. The van der Waals surface area contributed by atoms with Gasteiger partial charge in [0.15, 0.2) is 0 Å². The molecule has 36 heavy (non-hydrogen) atoms. The summed E-state index contributed by atoms with van der Waals surface area (Å²) in [5, 5.41) is 0. The predicted molar refractivity (Wildman–Crippen MR) is 138 cm³/mol. The molecule has 0 aromatic heterocycles. The van der Waals surface area contributed by atoms with Crippen molar-refractivity contribution in [2.24, 2.45) is 0 Å². The number of benzene rings is 3. The smallest absolute Gasteiger partial charge is 0.254 e. The lowest BCUT2D eigenvalue weighted by molar-refractivity contribution is -0.128. The molecule has 2 aliphatic heterocycles. The van der Waals surface area contributed by atoms with Crippen LogP contribution in [0.5, 0.6) is 5.75 Å². The third-order valence-corrected chi connectivity index (χ3v) is 6.73. The minimum atomic E-state index is -0.0349. The summed E-state index contributed by atoms with van der Waals surface area (Å²) in [7, 11) is 0. The standard InChI is InChI=1S/C30H32N2O4/c33-29-12-5-13-31(29)21-25-8-4-10-27(20-25)30(34)32-14-15-35-16-17-36-28-11-2-1-9-26(28)19-23-6-3-7-24(18-23)22-32/h1-4,6-11,18,20H,5,12-17,19,21-22H2. The van der Waals surface area contributed by atoms with Gasteiger partial charge in [-0.1, -0.05) is 54.6 Å². The van der Waals surface area contributed by atoms with Gasteiger partial charge in [0.2, 0.25) is 5.91 Å². The fraction of sp³-hybridized carbons (Fsp3) is 0.333. The SMILES string of the molecule is O=C1CCCN1Cc1cccc(C(=O)N2CCOCCOc3ccccc3Cc3cccc(c3)C2)c1. The number of amides is 2. The first-order chi connectivity index (χ1) is 17.7. The van der Waals surface area contributed by atoms with Crippen LogP contribution in [0, 0.1) is 0 Å². The zero-order valence-electron chi connectivity index (χ0n) is 20.5. The van der Waals surface area contributed by atoms with Gasteiger partial charge < -0.3 is 19.3 Å². The van der Waals surface area contributed by atoms with Gasteiger partial charge in [-0.05, 0) is 46.9 Å². The van der Waals surface area contributed by atoms with Gasteiger partial charge in [-0.15, -0.1) is 0 Å². The fourth-order valence-electron chi connectivity index (χ4n) is 4.89. The molecule has 2 amide bonds. The Kier molecular flexibility index (Phi) is 7.62. The number of para-hydroxylation sites is 1. The van der Waals surface area contributed by atoms with Crippen molar-refractivity contribution in [1.29, 1.82) is 0 Å². The van der Waals surface area contributed by atoms with Crippen LogP contribution in [-0.2, 0) is 29.0 Å². The van der Waals surface area contributed by atoms with E-state index in [-0.39, 0.29) is 11.8 Å². The molecule has 2 aliphatic rings. The highest BCUT2D eigenvalue weighted by Crippen LogP contribution is 2.23. The molecule has 3 aromatic rings. The average Bonchev–Trinajstić information content (AvgIpc) is 3.30. The minimum absolute atomic E-state index is 0.0349. The van der Waals surface area contributed by atoms with Crippen molar-refractivity contribution in [1.82, 2.24) is 9.80 Å². The number of carbonyl (C=O) groups excluding carboxylic acids is 2. The maximum atomic E-state index is 13.6. The van der Waals surface area contributed by atoms with Crippen molar-refractivity contribution in [3.8, 4) is 5.75 Å². The third kappa shape index (κ3) is 5.94. The second-order valence-corrected chi connectivity index (χ2v) is 9.41. The highest BCUT2D eigenvalue weighted by atomic mass is 16.5. The minimum Gasteiger partial charge on any atom is -0.491 e. The summed E-state index contributed by atoms with van der Waals surface area (Å²) in [4.78, 5) is 29.4. The summed E-state index contributed by atoms with van der Waals surface area (Å²) >= 11 is 0. The first-order valence-corrected chi connectivity index (χ1v) is 12.7. The van der Waals surface area contributed by atoms with E-state index in [1.807, 2.05) is 58.3 Å². The lowest BCUT2D eigenvalue weighted by Gasteiger charge is -2.24. The Morgan fingerprint density at radius 1 is 0.861 bits per heavy atom. The second kappa shape index (κ2) is 11.4. The topological polar surface area (TPSA) is 59.1 Å². The van der Waals surface area contributed by atoms with Gasteiger partial charge in [-0.25, -0.2) is 0 Å². The van der Waals surface area contributed by atoms with Crippen LogP contribution in [0.25, 0.3) is 0 Å². The summed E-state index contributed by atoms with van der Waals surface area (Å²) in [5.41, 5.74) is 5.01. The number of carbonyl (C=O) groups is 2. The van der Waals surface area contributed by atoms with E-state index in [9.17, 15) is 9.59 Å². The normalized spacial score (nSPS) is 16.7. The number of nitrogens with zero attached hydrogens (tertiary/aromatic N) is 2. The van der Waals surface area contributed by atoms with Crippen LogP contribution in [0.4, 0.5) is 0 Å². The van der Waals surface area contributed by atoms with Gasteiger partial charge in [-0.2, -0.15) is 0 Å². The van der Waals surface area contributed by atoms with E-state index in [4.69, 9.17) is 9.47 Å². The molecule has 0 radical (unpaired) electrons. The maximum Gasteiger partial charge on any atom is 0.254 e. The van der Waals surface area contributed by atoms with E-state index >= 15 is 0 Å². The molecule has 2 heterocycles. The molecule has 0 aliphatic carbocycles. The molecule has 2 bridgehead atoms. The Bertz CT molecular complexity index is 1220. The molecule has 0 N–H and O–H groups in total. The predicted octanol–water partition coefficient (Wildman–Crippen LogP) is 4.45. The first-order valence-electron chi connectivity index (χ1n) is 12.7. The highest BCUT2D eigenvalue weighted by Gasteiger charge is 2.21. The van der Waals surface area contributed by atoms with Crippen LogP contribution < -0.4 is 4.74 Å². The summed E-state index contributed by atoms with van der Waals surface area (Å²) in [6, 6.07) is 24.2. The van der Waals surface area contributed by atoms with Crippen LogP contribution in [0.3, 0.4) is 0 Å². The molecule has 5 rings (SSSR count). The third-order valence-electron chi connectivity index (χ3n) is 6.73. The molecule has 3 aromatic carbocycles. The summed E-state index contributed by atoms with van der Waals surface area (Å²) < 4.78 is 11.8. The van der Waals surface area contributed by atoms with E-state index in [0.29, 0.717) is 51.4 Å². The highest BCUT2D eigenvalue weighted by molar-refractivity contribution is 5.94. The number of fused-ring (bicyclic) bond motifs is 3. The lowest BCUT2D eigenvalue weighted by Crippen LogP contribution is -2.34. The zero-order chi connectivity index (χ0) is 24.7. The van der Waals surface area contributed by atoms with Crippen LogP contribution >= 0.6 is 0 Å². The van der Waals surface area contributed by atoms with Crippen molar-refractivity contribution in [2.45, 2.75) is 32.4 Å². The fourth-order valence-corrected chi connectivity index (χ4v) is 4.89. The molecule has 186 valence electrons. The van der Waals surface area contributed by atoms with E-state index in [1.165, 1.54) is 5.56 Å². The van der Waals surface area contributed by atoms with Gasteiger partial charge in [0, 0.05) is 44.6 Å². The van der Waals surface area contributed by atoms with Crippen molar-refractivity contribution < 1.29 is 19.1 Å². The number of likely N-dealkylation sites (tertiary alicyclic amines) is 1. The first kappa shape index (κ1) is 24.1. The van der Waals surface area contributed by atoms with Crippen molar-refractivity contribution >= 4 is 11.8 Å². The van der Waals surface area contributed by atoms with Gasteiger partial charge in [0.1, 0.15) is 12.4 Å². The largest absolute Gasteiger partial charge is 0.491 e. The van der Waals surface area contributed by atoms with E-state index < -0.39 is 0 Å². The van der Waals surface area contributed by atoms with Crippen molar-refractivity contribution in [2.75, 3.05) is 32.9 Å². The van der Waals surface area contributed by atoms with Gasteiger partial charge in [0.25, 0.3) is 5.91 Å². The van der Waals surface area contributed by atoms with E-state index in [2.05, 4.69) is 24.3 Å². The number of ether oxygens (including phenoxy) is 2. The molecule has 1 fully saturated rings. The Balaban J connectivity index is 1.36. The molecule has 0 unspecified atom stereocenters. The monoisotopic (exact) mass is 484 g/mol. The number of hydrogen-bond acceptors (Lipinski definition) is 4. The van der Waals surface area contributed by atoms with Gasteiger partial charge in [-0.3, -0.25) is 9.59 Å². The van der Waals surface area contributed by atoms with Gasteiger partial charge >= 0.3 is 0 Å². The van der Waals surface area contributed by atoms with Crippen LogP contribution in [-0.4, -0.2) is 54.5 Å². The van der Waals surface area contributed by atoms with Crippen LogP contribution in [0.15, 0.2) is 72.8 Å². The van der Waals surface area contributed by atoms with Crippen LogP contribution in [0.1, 0.15) is 45.5 Å². The molecule has 6 heteroatoms. The summed E-state index contributed by atoms with van der Waals surface area (Å²) in [5.74, 6) is 1.04. The second-order valence-electron chi connectivity index (χ2n) is 9.41. The maximum absolute atomic E-state index is 13.6. The molecule has 0 atom stereocenters. The number of hydrogen-bond donors (Lipinski definition) is 0. The molecule has 0 spiro atoms. The van der Waals surface area contributed by atoms with Crippen molar-refractivity contribution in [3.05, 3.63) is 101 Å². The molecular weight excluding hydrogens is 452 g/mol. The summed E-state index contributed by atoms with van der Waals surface area (Å²) in [6.07, 6.45) is 2.28.